The fourth-order valence-electron chi connectivity index (χ4n) is 1.57. The molecule has 1 unspecified atom stereocenters. The van der Waals surface area contributed by atoms with Crippen LogP contribution >= 0.6 is 15.9 Å². The van der Waals surface area contributed by atoms with E-state index in [9.17, 15) is 9.59 Å². The molecule has 0 aliphatic carbocycles. The molecule has 4 nitrogen and oxygen atoms in total. The van der Waals surface area contributed by atoms with Crippen molar-refractivity contribution in [2.75, 3.05) is 0 Å². The molecule has 1 aromatic rings. The van der Waals surface area contributed by atoms with Crippen molar-refractivity contribution in [1.29, 1.82) is 0 Å². The van der Waals surface area contributed by atoms with Crippen LogP contribution in [-0.4, -0.2) is 23.0 Å². The smallest absolute Gasteiger partial charge is 0.326 e. The molecular formula is C13H16BrNO3. The van der Waals surface area contributed by atoms with Crippen molar-refractivity contribution in [3.63, 3.8) is 0 Å². The van der Waals surface area contributed by atoms with Gasteiger partial charge in [-0.1, -0.05) is 41.9 Å². The predicted molar refractivity (Wildman–Crippen MR) is 72.3 cm³/mol. The van der Waals surface area contributed by atoms with Crippen molar-refractivity contribution in [3.8, 4) is 0 Å². The topological polar surface area (TPSA) is 66.4 Å². The third kappa shape index (κ3) is 4.49. The molecule has 18 heavy (non-hydrogen) atoms. The molecule has 0 fully saturated rings. The number of aliphatic carboxylic acids is 1. The number of carbonyl (C=O) groups excluding carboxylic acids is 1. The lowest BCUT2D eigenvalue weighted by atomic mass is 10.0. The van der Waals surface area contributed by atoms with E-state index in [0.29, 0.717) is 0 Å². The quantitative estimate of drug-likeness (QED) is 0.876. The van der Waals surface area contributed by atoms with E-state index in [1.165, 1.54) is 0 Å². The van der Waals surface area contributed by atoms with Crippen molar-refractivity contribution in [2.45, 2.75) is 26.3 Å². The van der Waals surface area contributed by atoms with Crippen molar-refractivity contribution >= 4 is 27.8 Å². The lowest BCUT2D eigenvalue weighted by molar-refractivity contribution is -0.143. The standard InChI is InChI=1S/C13H16BrNO3/c1-8(2)12(13(17)18)15-11(16)7-9-4-3-5-10(14)6-9/h3-6,8,12H,7H2,1-2H3,(H,15,16)(H,17,18). The highest BCUT2D eigenvalue weighted by molar-refractivity contribution is 9.10. The highest BCUT2D eigenvalue weighted by Crippen LogP contribution is 2.12. The summed E-state index contributed by atoms with van der Waals surface area (Å²) in [4.78, 5) is 22.7. The number of benzene rings is 1. The van der Waals surface area contributed by atoms with Gasteiger partial charge in [-0.05, 0) is 23.6 Å². The number of carbonyl (C=O) groups is 2. The molecule has 0 spiro atoms. The second-order valence-corrected chi connectivity index (χ2v) is 5.35. The summed E-state index contributed by atoms with van der Waals surface area (Å²) in [5, 5.41) is 11.5. The van der Waals surface area contributed by atoms with Crippen LogP contribution in [0.5, 0.6) is 0 Å². The SMILES string of the molecule is CC(C)C(NC(=O)Cc1cccc(Br)c1)C(=O)O. The van der Waals surface area contributed by atoms with Crippen LogP contribution in [0.25, 0.3) is 0 Å². The Balaban J connectivity index is 2.63. The van der Waals surface area contributed by atoms with Gasteiger partial charge in [0.1, 0.15) is 6.04 Å². The van der Waals surface area contributed by atoms with Gasteiger partial charge in [0.25, 0.3) is 0 Å². The molecule has 1 atom stereocenters. The van der Waals surface area contributed by atoms with Gasteiger partial charge in [-0.25, -0.2) is 4.79 Å². The van der Waals surface area contributed by atoms with Gasteiger partial charge < -0.3 is 10.4 Å². The first-order valence-electron chi connectivity index (χ1n) is 5.66. The number of hydrogen-bond donors (Lipinski definition) is 2. The van der Waals surface area contributed by atoms with E-state index < -0.39 is 12.0 Å². The summed E-state index contributed by atoms with van der Waals surface area (Å²) in [5.74, 6) is -1.43. The molecule has 0 aliphatic heterocycles. The summed E-state index contributed by atoms with van der Waals surface area (Å²) in [5.41, 5.74) is 0.842. The first-order valence-corrected chi connectivity index (χ1v) is 6.46. The summed E-state index contributed by atoms with van der Waals surface area (Å²) in [7, 11) is 0. The fourth-order valence-corrected chi connectivity index (χ4v) is 2.02. The zero-order valence-electron chi connectivity index (χ0n) is 10.3. The molecule has 0 heterocycles. The van der Waals surface area contributed by atoms with Gasteiger partial charge in [0.05, 0.1) is 6.42 Å². The summed E-state index contributed by atoms with van der Waals surface area (Å²) >= 11 is 3.32. The Hall–Kier alpha value is -1.36. The first kappa shape index (κ1) is 14.7. The molecule has 0 bridgehead atoms. The van der Waals surface area contributed by atoms with E-state index in [0.717, 1.165) is 10.0 Å². The Morgan fingerprint density at radius 3 is 2.56 bits per heavy atom. The molecule has 1 amide bonds. The molecule has 0 aromatic heterocycles. The van der Waals surface area contributed by atoms with Crippen LogP contribution in [0.1, 0.15) is 19.4 Å². The number of carboxylic acids is 1. The summed E-state index contributed by atoms with van der Waals surface area (Å²) in [6.07, 6.45) is 0.177. The number of rotatable bonds is 5. The largest absolute Gasteiger partial charge is 0.480 e. The molecule has 0 aliphatic rings. The van der Waals surface area contributed by atoms with Crippen LogP contribution in [0.4, 0.5) is 0 Å². The van der Waals surface area contributed by atoms with Crippen LogP contribution in [0, 0.1) is 5.92 Å². The van der Waals surface area contributed by atoms with Gasteiger partial charge in [-0.2, -0.15) is 0 Å². The Morgan fingerprint density at radius 1 is 1.39 bits per heavy atom. The average Bonchev–Trinajstić information content (AvgIpc) is 2.25. The van der Waals surface area contributed by atoms with Crippen molar-refractivity contribution in [1.82, 2.24) is 5.32 Å². The number of hydrogen-bond acceptors (Lipinski definition) is 2. The number of nitrogens with one attached hydrogen (secondary N) is 1. The number of halogens is 1. The zero-order valence-corrected chi connectivity index (χ0v) is 11.9. The van der Waals surface area contributed by atoms with Crippen LogP contribution < -0.4 is 5.32 Å². The molecule has 98 valence electrons. The Labute approximate surface area is 115 Å². The van der Waals surface area contributed by atoms with Gasteiger partial charge in [0, 0.05) is 4.47 Å². The van der Waals surface area contributed by atoms with E-state index >= 15 is 0 Å². The molecule has 0 saturated heterocycles. The maximum Gasteiger partial charge on any atom is 0.326 e. The zero-order chi connectivity index (χ0) is 13.7. The van der Waals surface area contributed by atoms with Gasteiger partial charge in [0.2, 0.25) is 5.91 Å². The van der Waals surface area contributed by atoms with Crippen molar-refractivity contribution < 1.29 is 14.7 Å². The minimum Gasteiger partial charge on any atom is -0.480 e. The number of amides is 1. The van der Waals surface area contributed by atoms with Gasteiger partial charge >= 0.3 is 5.97 Å². The van der Waals surface area contributed by atoms with Crippen LogP contribution in [0.15, 0.2) is 28.7 Å². The Kier molecular flexibility index (Phi) is 5.34. The lowest BCUT2D eigenvalue weighted by Crippen LogP contribution is -2.44. The third-order valence-corrected chi connectivity index (χ3v) is 3.00. The van der Waals surface area contributed by atoms with Crippen molar-refractivity contribution in [3.05, 3.63) is 34.3 Å². The molecule has 0 saturated carbocycles. The van der Waals surface area contributed by atoms with Crippen molar-refractivity contribution in [2.24, 2.45) is 5.92 Å². The summed E-state index contributed by atoms with van der Waals surface area (Å²) in [6.45, 7) is 3.52. The normalized spacial score (nSPS) is 12.2. The molecule has 5 heteroatoms. The van der Waals surface area contributed by atoms with E-state index in [4.69, 9.17) is 5.11 Å². The van der Waals surface area contributed by atoms with E-state index in [2.05, 4.69) is 21.2 Å². The van der Waals surface area contributed by atoms with Gasteiger partial charge in [-0.3, -0.25) is 4.79 Å². The lowest BCUT2D eigenvalue weighted by Gasteiger charge is -2.17. The van der Waals surface area contributed by atoms with Gasteiger partial charge in [-0.15, -0.1) is 0 Å². The molecule has 0 radical (unpaired) electrons. The minimum atomic E-state index is -1.01. The summed E-state index contributed by atoms with van der Waals surface area (Å²) < 4.78 is 0.895. The highest BCUT2D eigenvalue weighted by Gasteiger charge is 2.23. The van der Waals surface area contributed by atoms with E-state index in [1.807, 2.05) is 24.3 Å². The van der Waals surface area contributed by atoms with Crippen LogP contribution in [0.2, 0.25) is 0 Å². The third-order valence-electron chi connectivity index (χ3n) is 2.50. The highest BCUT2D eigenvalue weighted by atomic mass is 79.9. The Morgan fingerprint density at radius 2 is 2.06 bits per heavy atom. The van der Waals surface area contributed by atoms with Gasteiger partial charge in [0.15, 0.2) is 0 Å². The maximum absolute atomic E-state index is 11.8. The maximum atomic E-state index is 11.8. The number of carboxylic acid groups (broad SMARTS) is 1. The second-order valence-electron chi connectivity index (χ2n) is 4.43. The summed E-state index contributed by atoms with van der Waals surface area (Å²) in [6, 6.07) is 6.53. The molecule has 1 aromatic carbocycles. The fraction of sp³-hybridized carbons (Fsp3) is 0.385. The van der Waals surface area contributed by atoms with Crippen LogP contribution in [-0.2, 0) is 16.0 Å². The molecular weight excluding hydrogens is 298 g/mol. The second kappa shape index (κ2) is 6.54. The molecule has 1 rings (SSSR count). The average molecular weight is 314 g/mol. The van der Waals surface area contributed by atoms with E-state index in [1.54, 1.807) is 13.8 Å². The first-order chi connectivity index (χ1) is 8.40. The van der Waals surface area contributed by atoms with E-state index in [-0.39, 0.29) is 18.2 Å². The predicted octanol–water partition coefficient (Wildman–Crippen LogP) is 2.22. The molecule has 2 N–H and O–H groups in total. The van der Waals surface area contributed by atoms with Crippen LogP contribution in [0.3, 0.4) is 0 Å². The Bertz CT molecular complexity index is 446. The minimum absolute atomic E-state index is 0.144. The monoisotopic (exact) mass is 313 g/mol.